The number of rotatable bonds is 4. The van der Waals surface area contributed by atoms with E-state index < -0.39 is 11.7 Å². The fourth-order valence-corrected chi connectivity index (χ4v) is 2.25. The van der Waals surface area contributed by atoms with Gasteiger partial charge in [-0.15, -0.1) is 10.2 Å². The zero-order chi connectivity index (χ0) is 15.0. The van der Waals surface area contributed by atoms with E-state index in [-0.39, 0.29) is 17.3 Å². The van der Waals surface area contributed by atoms with Crippen molar-refractivity contribution < 1.29 is 17.6 Å². The Kier molecular flexibility index (Phi) is 3.75. The van der Waals surface area contributed by atoms with Gasteiger partial charge in [0.15, 0.2) is 0 Å². The van der Waals surface area contributed by atoms with Crippen LogP contribution in [0.5, 0.6) is 0 Å². The third-order valence-electron chi connectivity index (χ3n) is 3.10. The molecule has 1 N–H and O–H groups in total. The SMILES string of the molecule is FC(F)(F)c1cc(Br)ccc1-c1nnc(CNC2CC2)o1. The van der Waals surface area contributed by atoms with Gasteiger partial charge in [0.25, 0.3) is 0 Å². The molecule has 0 spiro atoms. The lowest BCUT2D eigenvalue weighted by Crippen LogP contribution is -2.15. The lowest BCUT2D eigenvalue weighted by Gasteiger charge is -2.10. The molecule has 0 amide bonds. The second-order valence-electron chi connectivity index (χ2n) is 4.84. The van der Waals surface area contributed by atoms with Crippen LogP contribution < -0.4 is 5.32 Å². The third kappa shape index (κ3) is 3.44. The Morgan fingerprint density at radius 2 is 2.05 bits per heavy atom. The van der Waals surface area contributed by atoms with Crippen LogP contribution in [0.4, 0.5) is 13.2 Å². The number of nitrogens with one attached hydrogen (secondary N) is 1. The lowest BCUT2D eigenvalue weighted by molar-refractivity contribution is -0.137. The molecule has 21 heavy (non-hydrogen) atoms. The van der Waals surface area contributed by atoms with Crippen molar-refractivity contribution >= 4 is 15.9 Å². The molecule has 1 heterocycles. The molecule has 3 rings (SSSR count). The number of nitrogens with zero attached hydrogens (tertiary/aromatic N) is 2. The maximum atomic E-state index is 13.1. The molecule has 1 aromatic carbocycles. The summed E-state index contributed by atoms with van der Waals surface area (Å²) in [6, 6.07) is 4.29. The zero-order valence-electron chi connectivity index (χ0n) is 10.7. The number of halogens is 4. The number of aromatic nitrogens is 2. The highest BCUT2D eigenvalue weighted by Crippen LogP contribution is 2.38. The molecule has 0 unspecified atom stereocenters. The van der Waals surface area contributed by atoms with Gasteiger partial charge in [0.1, 0.15) is 0 Å². The number of hydrogen-bond acceptors (Lipinski definition) is 4. The molecule has 1 saturated carbocycles. The molecule has 4 nitrogen and oxygen atoms in total. The first kappa shape index (κ1) is 14.5. The summed E-state index contributed by atoms with van der Waals surface area (Å²) in [5.41, 5.74) is -0.918. The Morgan fingerprint density at radius 3 is 2.71 bits per heavy atom. The summed E-state index contributed by atoms with van der Waals surface area (Å²) in [4.78, 5) is 0. The van der Waals surface area contributed by atoms with Gasteiger partial charge in [0.05, 0.1) is 17.7 Å². The van der Waals surface area contributed by atoms with Crippen LogP contribution in [0.2, 0.25) is 0 Å². The maximum absolute atomic E-state index is 13.1. The van der Waals surface area contributed by atoms with Gasteiger partial charge in [0.2, 0.25) is 11.8 Å². The average molecular weight is 362 g/mol. The Hall–Kier alpha value is -1.41. The molecular weight excluding hydrogens is 351 g/mol. The van der Waals surface area contributed by atoms with Crippen molar-refractivity contribution in [2.75, 3.05) is 0 Å². The number of benzene rings is 1. The molecule has 2 aromatic rings. The van der Waals surface area contributed by atoms with E-state index in [0.717, 1.165) is 18.9 Å². The molecule has 0 saturated heterocycles. The van der Waals surface area contributed by atoms with Gasteiger partial charge in [0, 0.05) is 10.5 Å². The van der Waals surface area contributed by atoms with Crippen molar-refractivity contribution in [3.05, 3.63) is 34.1 Å². The van der Waals surface area contributed by atoms with E-state index in [9.17, 15) is 13.2 Å². The van der Waals surface area contributed by atoms with Crippen LogP contribution in [0.3, 0.4) is 0 Å². The molecular formula is C13H11BrF3N3O. The molecule has 0 radical (unpaired) electrons. The van der Waals surface area contributed by atoms with Crippen LogP contribution >= 0.6 is 15.9 Å². The van der Waals surface area contributed by atoms with Gasteiger partial charge in [-0.05, 0) is 31.0 Å². The van der Waals surface area contributed by atoms with Crippen LogP contribution in [0.25, 0.3) is 11.5 Å². The van der Waals surface area contributed by atoms with E-state index in [1.165, 1.54) is 12.1 Å². The first-order valence-electron chi connectivity index (χ1n) is 6.36. The predicted molar refractivity (Wildman–Crippen MR) is 72.3 cm³/mol. The van der Waals surface area contributed by atoms with E-state index in [4.69, 9.17) is 4.42 Å². The highest BCUT2D eigenvalue weighted by atomic mass is 79.9. The monoisotopic (exact) mass is 361 g/mol. The summed E-state index contributed by atoms with van der Waals surface area (Å²) in [5.74, 6) is 0.162. The maximum Gasteiger partial charge on any atom is 0.417 e. The van der Waals surface area contributed by atoms with Crippen molar-refractivity contribution in [3.8, 4) is 11.5 Å². The first-order chi connectivity index (χ1) is 9.93. The van der Waals surface area contributed by atoms with E-state index in [1.807, 2.05) is 0 Å². The molecule has 1 aromatic heterocycles. The average Bonchev–Trinajstić information content (AvgIpc) is 3.13. The lowest BCUT2D eigenvalue weighted by atomic mass is 10.1. The summed E-state index contributed by atoms with van der Waals surface area (Å²) < 4.78 is 44.8. The van der Waals surface area contributed by atoms with Crippen molar-refractivity contribution in [2.24, 2.45) is 0 Å². The van der Waals surface area contributed by atoms with Gasteiger partial charge in [-0.2, -0.15) is 13.2 Å². The van der Waals surface area contributed by atoms with E-state index >= 15 is 0 Å². The van der Waals surface area contributed by atoms with Gasteiger partial charge in [-0.3, -0.25) is 0 Å². The van der Waals surface area contributed by atoms with Crippen LogP contribution in [-0.4, -0.2) is 16.2 Å². The molecule has 0 atom stereocenters. The summed E-state index contributed by atoms with van der Waals surface area (Å²) in [7, 11) is 0. The van der Waals surface area contributed by atoms with Gasteiger partial charge in [-0.25, -0.2) is 0 Å². The Morgan fingerprint density at radius 1 is 1.29 bits per heavy atom. The van der Waals surface area contributed by atoms with Gasteiger partial charge >= 0.3 is 6.18 Å². The van der Waals surface area contributed by atoms with Crippen LogP contribution in [0, 0.1) is 0 Å². The standard InChI is InChI=1S/C13H11BrF3N3O/c14-7-1-4-9(10(5-7)13(15,16)17)12-20-19-11(21-12)6-18-8-2-3-8/h1,4-5,8,18H,2-3,6H2. The molecule has 1 aliphatic carbocycles. The largest absolute Gasteiger partial charge is 0.419 e. The first-order valence-corrected chi connectivity index (χ1v) is 7.15. The molecule has 112 valence electrons. The highest BCUT2D eigenvalue weighted by molar-refractivity contribution is 9.10. The van der Waals surface area contributed by atoms with Crippen molar-refractivity contribution in [3.63, 3.8) is 0 Å². The van der Waals surface area contributed by atoms with Crippen molar-refractivity contribution in [1.29, 1.82) is 0 Å². The normalized spacial score (nSPS) is 15.4. The summed E-state index contributed by atoms with van der Waals surface area (Å²) in [6.45, 7) is 0.371. The molecule has 0 aliphatic heterocycles. The topological polar surface area (TPSA) is 51.0 Å². The summed E-state index contributed by atoms with van der Waals surface area (Å²) in [5, 5.41) is 10.7. The van der Waals surface area contributed by atoms with E-state index in [1.54, 1.807) is 0 Å². The second-order valence-corrected chi connectivity index (χ2v) is 5.76. The zero-order valence-corrected chi connectivity index (χ0v) is 12.3. The summed E-state index contributed by atoms with van der Waals surface area (Å²) >= 11 is 3.04. The van der Waals surface area contributed by atoms with E-state index in [0.29, 0.717) is 17.1 Å². The van der Waals surface area contributed by atoms with E-state index in [2.05, 4.69) is 31.4 Å². The minimum Gasteiger partial charge on any atom is -0.419 e. The van der Waals surface area contributed by atoms with Crippen LogP contribution in [-0.2, 0) is 12.7 Å². The molecule has 1 aliphatic rings. The molecule has 0 bridgehead atoms. The van der Waals surface area contributed by atoms with Crippen molar-refractivity contribution in [1.82, 2.24) is 15.5 Å². The quantitative estimate of drug-likeness (QED) is 0.900. The minimum atomic E-state index is -4.49. The predicted octanol–water partition coefficient (Wildman–Crippen LogP) is 3.77. The number of alkyl halides is 3. The highest BCUT2D eigenvalue weighted by Gasteiger charge is 2.35. The smallest absolute Gasteiger partial charge is 0.417 e. The van der Waals surface area contributed by atoms with Crippen molar-refractivity contribution in [2.45, 2.75) is 31.6 Å². The fourth-order valence-electron chi connectivity index (χ4n) is 1.89. The van der Waals surface area contributed by atoms with Crippen LogP contribution in [0.15, 0.2) is 27.1 Å². The fraction of sp³-hybridized carbons (Fsp3) is 0.385. The van der Waals surface area contributed by atoms with Gasteiger partial charge < -0.3 is 9.73 Å². The minimum absolute atomic E-state index is 0.115. The van der Waals surface area contributed by atoms with Crippen LogP contribution in [0.1, 0.15) is 24.3 Å². The summed E-state index contributed by atoms with van der Waals surface area (Å²) in [6.07, 6.45) is -2.28. The Balaban J connectivity index is 1.88. The van der Waals surface area contributed by atoms with Gasteiger partial charge in [-0.1, -0.05) is 15.9 Å². The third-order valence-corrected chi connectivity index (χ3v) is 3.60. The Bertz CT molecular complexity index is 652. The second kappa shape index (κ2) is 5.42. The Labute approximate surface area is 126 Å². The number of hydrogen-bond donors (Lipinski definition) is 1. The molecule has 8 heteroatoms. The molecule has 1 fully saturated rings.